The molecule has 1 aromatic heterocycles. The number of hydrogen-bond donors (Lipinski definition) is 2. The highest BCUT2D eigenvalue weighted by atomic mass is 35.5. The number of aromatic nitrogens is 3. The SMILES string of the molecule is Cc1c(C(C)NCC(O)C(C)C)nnn1-c1ccc(Cl)cc1. The summed E-state index contributed by atoms with van der Waals surface area (Å²) in [5.74, 6) is 0.227. The van der Waals surface area contributed by atoms with Crippen LogP contribution in [0, 0.1) is 12.8 Å². The maximum Gasteiger partial charge on any atom is 0.103 e. The minimum atomic E-state index is -0.367. The van der Waals surface area contributed by atoms with Gasteiger partial charge in [-0.2, -0.15) is 0 Å². The molecular formula is C16H23ClN4O. The van der Waals surface area contributed by atoms with E-state index in [1.807, 2.05) is 52.0 Å². The van der Waals surface area contributed by atoms with Crippen LogP contribution in [0.25, 0.3) is 5.69 Å². The number of nitrogens with zero attached hydrogens (tertiary/aromatic N) is 3. The number of hydrogen-bond acceptors (Lipinski definition) is 4. The summed E-state index contributed by atoms with van der Waals surface area (Å²) in [5.41, 5.74) is 2.78. The van der Waals surface area contributed by atoms with Crippen molar-refractivity contribution in [3.8, 4) is 5.69 Å². The van der Waals surface area contributed by atoms with Crippen LogP contribution in [0.1, 0.15) is 38.2 Å². The molecular weight excluding hydrogens is 300 g/mol. The summed E-state index contributed by atoms with van der Waals surface area (Å²) < 4.78 is 1.79. The van der Waals surface area contributed by atoms with Gasteiger partial charge < -0.3 is 10.4 Å². The third-order valence-corrected chi connectivity index (χ3v) is 4.07. The van der Waals surface area contributed by atoms with Crippen LogP contribution in [0.15, 0.2) is 24.3 Å². The van der Waals surface area contributed by atoms with Crippen LogP contribution in [0.4, 0.5) is 0 Å². The third-order valence-electron chi connectivity index (χ3n) is 3.81. The van der Waals surface area contributed by atoms with Crippen molar-refractivity contribution in [1.29, 1.82) is 0 Å². The van der Waals surface area contributed by atoms with Crippen molar-refractivity contribution in [1.82, 2.24) is 20.3 Å². The van der Waals surface area contributed by atoms with Gasteiger partial charge in [-0.1, -0.05) is 30.7 Å². The molecule has 0 spiro atoms. The standard InChI is InChI=1S/C16H23ClN4O/c1-10(2)15(22)9-18-11(3)16-12(4)21(20-19-16)14-7-5-13(17)6-8-14/h5-8,10-11,15,18,22H,9H2,1-4H3. The first kappa shape index (κ1) is 16.9. The Labute approximate surface area is 136 Å². The van der Waals surface area contributed by atoms with Crippen LogP contribution < -0.4 is 5.32 Å². The number of nitrogens with one attached hydrogen (secondary N) is 1. The molecule has 2 atom stereocenters. The topological polar surface area (TPSA) is 63.0 Å². The summed E-state index contributed by atoms with van der Waals surface area (Å²) in [6.45, 7) is 8.54. The fourth-order valence-electron chi connectivity index (χ4n) is 2.20. The zero-order valence-electron chi connectivity index (χ0n) is 13.4. The molecule has 22 heavy (non-hydrogen) atoms. The highest BCUT2D eigenvalue weighted by Gasteiger charge is 2.18. The van der Waals surface area contributed by atoms with Crippen LogP contribution in [0.2, 0.25) is 5.02 Å². The Hall–Kier alpha value is -1.43. The van der Waals surface area contributed by atoms with E-state index in [1.54, 1.807) is 4.68 Å². The van der Waals surface area contributed by atoms with Gasteiger partial charge in [-0.15, -0.1) is 5.10 Å². The number of rotatable bonds is 6. The second-order valence-electron chi connectivity index (χ2n) is 5.89. The van der Waals surface area contributed by atoms with Crippen LogP contribution in [0.5, 0.6) is 0 Å². The van der Waals surface area contributed by atoms with Crippen molar-refractivity contribution >= 4 is 11.6 Å². The highest BCUT2D eigenvalue weighted by molar-refractivity contribution is 6.30. The number of benzene rings is 1. The predicted molar refractivity (Wildman–Crippen MR) is 88.4 cm³/mol. The Morgan fingerprint density at radius 2 is 1.86 bits per heavy atom. The molecule has 0 radical (unpaired) electrons. The first-order valence-corrected chi connectivity index (χ1v) is 7.87. The van der Waals surface area contributed by atoms with E-state index in [2.05, 4.69) is 15.6 Å². The average molecular weight is 323 g/mol. The average Bonchev–Trinajstić information content (AvgIpc) is 2.87. The van der Waals surface area contributed by atoms with E-state index in [-0.39, 0.29) is 18.1 Å². The molecule has 120 valence electrons. The lowest BCUT2D eigenvalue weighted by atomic mass is 10.1. The van der Waals surface area contributed by atoms with E-state index >= 15 is 0 Å². The molecule has 2 unspecified atom stereocenters. The van der Waals surface area contributed by atoms with Crippen LogP contribution in [0.3, 0.4) is 0 Å². The molecule has 0 aliphatic carbocycles. The molecule has 0 saturated heterocycles. The minimum absolute atomic E-state index is 0.0226. The Kier molecular flexibility index (Phi) is 5.56. The lowest BCUT2D eigenvalue weighted by Crippen LogP contribution is -2.32. The summed E-state index contributed by atoms with van der Waals surface area (Å²) in [6.07, 6.45) is -0.367. The minimum Gasteiger partial charge on any atom is -0.392 e. The summed E-state index contributed by atoms with van der Waals surface area (Å²) >= 11 is 5.91. The summed E-state index contributed by atoms with van der Waals surface area (Å²) in [6, 6.07) is 7.51. The van der Waals surface area contributed by atoms with E-state index in [0.717, 1.165) is 17.1 Å². The number of halogens is 1. The molecule has 0 aliphatic heterocycles. The van der Waals surface area contributed by atoms with Gasteiger partial charge in [0, 0.05) is 11.6 Å². The Morgan fingerprint density at radius 3 is 2.45 bits per heavy atom. The monoisotopic (exact) mass is 322 g/mol. The fraction of sp³-hybridized carbons (Fsp3) is 0.500. The van der Waals surface area contributed by atoms with Crippen molar-refractivity contribution in [2.75, 3.05) is 6.54 Å². The first-order chi connectivity index (χ1) is 10.4. The molecule has 0 amide bonds. The van der Waals surface area contributed by atoms with Gasteiger partial charge in [0.05, 0.1) is 23.5 Å². The summed E-state index contributed by atoms with van der Waals surface area (Å²) in [5, 5.41) is 22.4. The van der Waals surface area contributed by atoms with E-state index in [9.17, 15) is 5.11 Å². The van der Waals surface area contributed by atoms with Crippen molar-refractivity contribution in [3.63, 3.8) is 0 Å². The molecule has 0 bridgehead atoms. The van der Waals surface area contributed by atoms with Crippen molar-refractivity contribution in [2.45, 2.75) is 39.8 Å². The van der Waals surface area contributed by atoms with Gasteiger partial charge in [-0.25, -0.2) is 4.68 Å². The molecule has 5 nitrogen and oxygen atoms in total. The van der Waals surface area contributed by atoms with Gasteiger partial charge in [0.25, 0.3) is 0 Å². The van der Waals surface area contributed by atoms with Gasteiger partial charge in [-0.05, 0) is 44.0 Å². The molecule has 6 heteroatoms. The Morgan fingerprint density at radius 1 is 1.23 bits per heavy atom. The lowest BCUT2D eigenvalue weighted by Gasteiger charge is -2.18. The quantitative estimate of drug-likeness (QED) is 0.858. The first-order valence-electron chi connectivity index (χ1n) is 7.49. The number of aliphatic hydroxyl groups is 1. The Balaban J connectivity index is 2.11. The predicted octanol–water partition coefficient (Wildman–Crippen LogP) is 2.90. The molecule has 2 aromatic rings. The molecule has 0 saturated carbocycles. The maximum absolute atomic E-state index is 9.88. The van der Waals surface area contributed by atoms with E-state index in [4.69, 9.17) is 11.6 Å². The third kappa shape index (κ3) is 3.85. The highest BCUT2D eigenvalue weighted by Crippen LogP contribution is 2.19. The van der Waals surface area contributed by atoms with Crippen molar-refractivity contribution in [2.24, 2.45) is 5.92 Å². The summed E-state index contributed by atoms with van der Waals surface area (Å²) in [4.78, 5) is 0. The van der Waals surface area contributed by atoms with E-state index in [1.165, 1.54) is 0 Å². The Bertz CT molecular complexity index is 609. The molecule has 1 heterocycles. The summed E-state index contributed by atoms with van der Waals surface area (Å²) in [7, 11) is 0. The molecule has 2 rings (SSSR count). The van der Waals surface area contributed by atoms with Crippen LogP contribution in [-0.2, 0) is 0 Å². The van der Waals surface area contributed by atoms with Gasteiger partial charge in [0.2, 0.25) is 0 Å². The van der Waals surface area contributed by atoms with E-state index in [0.29, 0.717) is 11.6 Å². The largest absolute Gasteiger partial charge is 0.392 e. The molecule has 0 aliphatic rings. The smallest absolute Gasteiger partial charge is 0.103 e. The molecule has 1 aromatic carbocycles. The van der Waals surface area contributed by atoms with E-state index < -0.39 is 0 Å². The lowest BCUT2D eigenvalue weighted by molar-refractivity contribution is 0.120. The van der Waals surface area contributed by atoms with Crippen LogP contribution in [-0.4, -0.2) is 32.7 Å². The van der Waals surface area contributed by atoms with Gasteiger partial charge in [0.15, 0.2) is 0 Å². The van der Waals surface area contributed by atoms with Gasteiger partial charge in [0.1, 0.15) is 5.69 Å². The maximum atomic E-state index is 9.88. The van der Waals surface area contributed by atoms with Gasteiger partial charge in [-0.3, -0.25) is 0 Å². The molecule has 2 N–H and O–H groups in total. The fourth-order valence-corrected chi connectivity index (χ4v) is 2.32. The van der Waals surface area contributed by atoms with Gasteiger partial charge >= 0.3 is 0 Å². The van der Waals surface area contributed by atoms with Crippen molar-refractivity contribution < 1.29 is 5.11 Å². The van der Waals surface area contributed by atoms with Crippen LogP contribution >= 0.6 is 11.6 Å². The zero-order valence-corrected chi connectivity index (χ0v) is 14.2. The number of aliphatic hydroxyl groups excluding tert-OH is 1. The normalized spacial score (nSPS) is 14.3. The zero-order chi connectivity index (χ0) is 16.3. The second kappa shape index (κ2) is 7.22. The molecule has 0 fully saturated rings. The second-order valence-corrected chi connectivity index (χ2v) is 6.33. The van der Waals surface area contributed by atoms with Crippen molar-refractivity contribution in [3.05, 3.63) is 40.7 Å².